The van der Waals surface area contributed by atoms with E-state index in [0.717, 1.165) is 27.8 Å². The van der Waals surface area contributed by atoms with E-state index in [1.165, 1.54) is 6.20 Å². The van der Waals surface area contributed by atoms with Gasteiger partial charge in [-0.15, -0.1) is 0 Å². The van der Waals surface area contributed by atoms with Gasteiger partial charge >= 0.3 is 6.18 Å². The Kier molecular flexibility index (Phi) is 5.75. The maximum Gasteiger partial charge on any atom is 0.434 e. The first-order valence-electron chi connectivity index (χ1n) is 11.0. The molecule has 4 aromatic rings. The van der Waals surface area contributed by atoms with Gasteiger partial charge in [0, 0.05) is 17.2 Å². The quantitative estimate of drug-likeness (QED) is 0.433. The average molecular weight is 468 g/mol. The first kappa shape index (κ1) is 22.4. The summed E-state index contributed by atoms with van der Waals surface area (Å²) in [6.07, 6.45) is -0.878. The van der Waals surface area contributed by atoms with Crippen LogP contribution in [0.15, 0.2) is 59.3 Å². The van der Waals surface area contributed by atoms with E-state index in [0.29, 0.717) is 36.2 Å². The second-order valence-corrected chi connectivity index (χ2v) is 8.46. The highest BCUT2D eigenvalue weighted by Crippen LogP contribution is 2.43. The van der Waals surface area contributed by atoms with Crippen LogP contribution in [0.2, 0.25) is 0 Å². The summed E-state index contributed by atoms with van der Waals surface area (Å²) in [5.74, 6) is 0.105. The molecule has 1 atom stereocenters. The molecule has 3 N–H and O–H groups in total. The van der Waals surface area contributed by atoms with Crippen molar-refractivity contribution in [2.45, 2.75) is 37.9 Å². The topological polar surface area (TPSA) is 90.1 Å². The van der Waals surface area contributed by atoms with Crippen molar-refractivity contribution in [1.82, 2.24) is 14.9 Å². The second-order valence-electron chi connectivity index (χ2n) is 8.46. The van der Waals surface area contributed by atoms with Crippen molar-refractivity contribution >= 4 is 0 Å². The molecular weight excluding hydrogens is 445 g/mol. The van der Waals surface area contributed by atoms with E-state index in [1.807, 2.05) is 12.1 Å². The summed E-state index contributed by atoms with van der Waals surface area (Å²) >= 11 is 0. The van der Waals surface area contributed by atoms with Crippen LogP contribution in [-0.4, -0.2) is 32.7 Å². The fourth-order valence-corrected chi connectivity index (χ4v) is 4.46. The van der Waals surface area contributed by atoms with Gasteiger partial charge < -0.3 is 15.4 Å². The number of para-hydroxylation sites is 1. The molecule has 1 aliphatic carbocycles. The normalized spacial score (nSPS) is 14.0. The predicted octanol–water partition coefficient (Wildman–Crippen LogP) is 4.56. The van der Waals surface area contributed by atoms with Gasteiger partial charge in [0.15, 0.2) is 11.5 Å². The minimum Gasteiger partial charge on any atom is -0.395 e. The summed E-state index contributed by atoms with van der Waals surface area (Å²) in [4.78, 5) is 0. The maximum atomic E-state index is 14.1. The number of aliphatic hydroxyl groups is 1. The fraction of sp³-hybridized carbons (Fsp3) is 0.280. The Balaban J connectivity index is 1.53. The third-order valence-corrected chi connectivity index (χ3v) is 6.18. The number of nitrogens with two attached hydrogens (primary N) is 1. The molecule has 0 radical (unpaired) electrons. The van der Waals surface area contributed by atoms with Crippen LogP contribution in [-0.2, 0) is 25.4 Å². The Hall–Kier alpha value is -3.43. The largest absolute Gasteiger partial charge is 0.434 e. The van der Waals surface area contributed by atoms with Crippen LogP contribution in [0.5, 0.6) is 0 Å². The summed E-state index contributed by atoms with van der Waals surface area (Å²) in [5, 5.41) is 17.3. The molecule has 0 spiro atoms. The molecule has 0 bridgehead atoms. The van der Waals surface area contributed by atoms with Gasteiger partial charge in [-0.25, -0.2) is 4.68 Å². The van der Waals surface area contributed by atoms with E-state index >= 15 is 0 Å². The number of aliphatic hydroxyl groups excluding tert-OH is 1. The lowest BCUT2D eigenvalue weighted by atomic mass is 9.86. The number of nitrogens with zero attached hydrogens (tertiary/aromatic N) is 3. The minimum atomic E-state index is -4.64. The van der Waals surface area contributed by atoms with E-state index in [2.05, 4.69) is 16.3 Å². The van der Waals surface area contributed by atoms with Gasteiger partial charge in [0.1, 0.15) is 5.69 Å². The number of aromatic nitrogens is 3. The van der Waals surface area contributed by atoms with Crippen molar-refractivity contribution in [3.63, 3.8) is 0 Å². The zero-order valence-corrected chi connectivity index (χ0v) is 18.2. The Morgan fingerprint density at radius 2 is 1.88 bits per heavy atom. The maximum absolute atomic E-state index is 14.1. The fourth-order valence-electron chi connectivity index (χ4n) is 4.46. The molecule has 2 aromatic heterocycles. The van der Waals surface area contributed by atoms with Crippen molar-refractivity contribution in [2.24, 2.45) is 5.73 Å². The third-order valence-electron chi connectivity index (χ3n) is 6.18. The predicted molar refractivity (Wildman–Crippen MR) is 120 cm³/mol. The van der Waals surface area contributed by atoms with Crippen molar-refractivity contribution in [3.05, 3.63) is 77.1 Å². The molecule has 1 unspecified atom stereocenters. The molecular formula is C25H23F3N4O2. The lowest BCUT2D eigenvalue weighted by Crippen LogP contribution is -2.24. The molecule has 2 aromatic carbocycles. The molecule has 0 amide bonds. The van der Waals surface area contributed by atoms with Gasteiger partial charge in [-0.05, 0) is 48.9 Å². The van der Waals surface area contributed by atoms with Crippen LogP contribution >= 0.6 is 0 Å². The van der Waals surface area contributed by atoms with Crippen molar-refractivity contribution in [1.29, 1.82) is 0 Å². The van der Waals surface area contributed by atoms with Crippen molar-refractivity contribution in [3.8, 4) is 28.3 Å². The molecule has 2 heterocycles. The molecule has 34 heavy (non-hydrogen) atoms. The van der Waals surface area contributed by atoms with Gasteiger partial charge in [-0.2, -0.15) is 18.3 Å². The number of rotatable bonds is 6. The summed E-state index contributed by atoms with van der Waals surface area (Å²) in [5.41, 5.74) is 9.34. The minimum absolute atomic E-state index is 0.0587. The van der Waals surface area contributed by atoms with Gasteiger partial charge in [0.25, 0.3) is 0 Å². The Morgan fingerprint density at radius 3 is 2.62 bits per heavy atom. The van der Waals surface area contributed by atoms with Crippen molar-refractivity contribution < 1.29 is 22.8 Å². The van der Waals surface area contributed by atoms with Crippen molar-refractivity contribution in [2.75, 3.05) is 6.61 Å². The summed E-state index contributed by atoms with van der Waals surface area (Å²) in [6.45, 7) is -0.0587. The summed E-state index contributed by atoms with van der Waals surface area (Å²) < 4.78 is 48.8. The highest BCUT2D eigenvalue weighted by molar-refractivity contribution is 5.77. The number of aryl methyl sites for hydroxylation is 2. The number of hydrogen-bond acceptors (Lipinski definition) is 5. The molecule has 0 saturated heterocycles. The molecule has 176 valence electrons. The van der Waals surface area contributed by atoms with E-state index in [1.54, 1.807) is 30.3 Å². The standard InChI is InChI=1S/C25H23F3N4O2/c26-25(27,28)24-21(13-30-32(24)18-4-2-1-3-5-18)23-20-11-8-16-12-15(6-9-17(29)14-33)7-10-19(16)22(20)31-34-23/h1-5,7,10,12-13,17,33H,6,8-9,11,14,29H2. The van der Waals surface area contributed by atoms with E-state index in [4.69, 9.17) is 15.4 Å². The molecule has 1 aliphatic rings. The number of fused-ring (bicyclic) bond motifs is 3. The number of halogens is 3. The molecule has 0 saturated carbocycles. The molecule has 9 heteroatoms. The summed E-state index contributed by atoms with van der Waals surface area (Å²) in [7, 11) is 0. The highest BCUT2D eigenvalue weighted by atomic mass is 19.4. The van der Waals surface area contributed by atoms with Gasteiger partial charge in [0.2, 0.25) is 0 Å². The smallest absolute Gasteiger partial charge is 0.395 e. The van der Waals surface area contributed by atoms with Crippen LogP contribution in [0.4, 0.5) is 13.2 Å². The lowest BCUT2D eigenvalue weighted by Gasteiger charge is -2.17. The summed E-state index contributed by atoms with van der Waals surface area (Å²) in [6, 6.07) is 13.9. The monoisotopic (exact) mass is 468 g/mol. The molecule has 6 nitrogen and oxygen atoms in total. The lowest BCUT2D eigenvalue weighted by molar-refractivity contribution is -0.142. The third kappa shape index (κ3) is 4.01. The number of benzene rings is 2. The van der Waals surface area contributed by atoms with Crippen LogP contribution in [0.1, 0.15) is 28.8 Å². The second kappa shape index (κ2) is 8.73. The Bertz CT molecular complexity index is 1310. The van der Waals surface area contributed by atoms with E-state index in [-0.39, 0.29) is 24.0 Å². The average Bonchev–Trinajstić information content (AvgIpc) is 3.47. The van der Waals surface area contributed by atoms with E-state index in [9.17, 15) is 13.2 Å². The Labute approximate surface area is 193 Å². The van der Waals surface area contributed by atoms with Gasteiger partial charge in [0.05, 0.1) is 24.1 Å². The molecule has 5 rings (SSSR count). The molecule has 0 aliphatic heterocycles. The van der Waals surface area contributed by atoms with Crippen LogP contribution in [0.25, 0.3) is 28.3 Å². The highest BCUT2D eigenvalue weighted by Gasteiger charge is 2.41. The number of hydrogen-bond donors (Lipinski definition) is 2. The van der Waals surface area contributed by atoms with E-state index < -0.39 is 11.9 Å². The number of alkyl halides is 3. The first-order valence-corrected chi connectivity index (χ1v) is 11.0. The first-order chi connectivity index (χ1) is 16.4. The van der Waals surface area contributed by atoms with Crippen LogP contribution in [0, 0.1) is 0 Å². The zero-order valence-electron chi connectivity index (χ0n) is 18.2. The van der Waals surface area contributed by atoms with Crippen LogP contribution < -0.4 is 5.73 Å². The zero-order chi connectivity index (χ0) is 23.9. The molecule has 0 fully saturated rings. The SMILES string of the molecule is NC(CO)CCc1ccc2c(c1)CCc1c-2noc1-c1cnn(-c2ccccc2)c1C(F)(F)F. The van der Waals surface area contributed by atoms with Crippen LogP contribution in [0.3, 0.4) is 0 Å². The Morgan fingerprint density at radius 1 is 1.09 bits per heavy atom. The van der Waals surface area contributed by atoms with Gasteiger partial charge in [-0.3, -0.25) is 0 Å². The van der Waals surface area contributed by atoms with Gasteiger partial charge in [-0.1, -0.05) is 41.6 Å².